The second-order valence-corrected chi connectivity index (χ2v) is 10.6. The first kappa shape index (κ1) is 29.7. The molecule has 5 rings (SSSR count). The summed E-state index contributed by atoms with van der Waals surface area (Å²) in [6.07, 6.45) is -2.78. The third-order valence-electron chi connectivity index (χ3n) is 7.24. The molecule has 3 heterocycles. The largest absolute Gasteiger partial charge is 0.481 e. The molecule has 0 amide bonds. The van der Waals surface area contributed by atoms with Gasteiger partial charge in [0.15, 0.2) is 5.69 Å². The standard InChI is InChI=1S/C28H28ClF3N6O4/c29-22-8-7-20(11-19(22)12-33)38-25(28(30,31)32)21(13-34-38)27-35-26(36-42-27)18-5-3-17(4-6-18)23(39)15-37-9-1-2-16(14-37)10-24(40)41/h3-8,11,13,16,23,39H,1-2,9-10,12,14-15,33H2,(H,40,41)/t16-,23-/m1/s1. The Balaban J connectivity index is 1.34. The molecule has 10 nitrogen and oxygen atoms in total. The van der Waals surface area contributed by atoms with Crippen LogP contribution in [0.4, 0.5) is 13.2 Å². The number of aliphatic hydroxyl groups excluding tert-OH is 1. The molecule has 4 aromatic rings. The van der Waals surface area contributed by atoms with E-state index in [0.717, 1.165) is 30.3 Å². The number of carboxylic acid groups (broad SMARTS) is 1. The van der Waals surface area contributed by atoms with Crippen molar-refractivity contribution >= 4 is 17.6 Å². The predicted molar refractivity (Wildman–Crippen MR) is 147 cm³/mol. The van der Waals surface area contributed by atoms with E-state index in [9.17, 15) is 23.1 Å². The molecule has 2 atom stereocenters. The number of carboxylic acids is 1. The van der Waals surface area contributed by atoms with Crippen LogP contribution in [0.15, 0.2) is 53.2 Å². The predicted octanol–water partition coefficient (Wildman–Crippen LogP) is 4.94. The van der Waals surface area contributed by atoms with Crippen LogP contribution >= 0.6 is 11.6 Å². The van der Waals surface area contributed by atoms with Gasteiger partial charge in [-0.25, -0.2) is 4.68 Å². The number of alkyl halides is 3. The van der Waals surface area contributed by atoms with Gasteiger partial charge in [-0.1, -0.05) is 41.0 Å². The van der Waals surface area contributed by atoms with Gasteiger partial charge in [-0.2, -0.15) is 23.3 Å². The zero-order valence-corrected chi connectivity index (χ0v) is 23.0. The molecule has 2 aromatic heterocycles. The fourth-order valence-corrected chi connectivity index (χ4v) is 5.40. The number of β-amino-alcohol motifs (C(OH)–C–C–N with tert-alkyl or cyclic N) is 1. The molecule has 0 radical (unpaired) electrons. The lowest BCUT2D eigenvalue weighted by molar-refractivity contribution is -0.142. The van der Waals surface area contributed by atoms with Crippen LogP contribution in [0, 0.1) is 5.92 Å². The summed E-state index contributed by atoms with van der Waals surface area (Å²) in [7, 11) is 0. The quantitative estimate of drug-likeness (QED) is 0.242. The summed E-state index contributed by atoms with van der Waals surface area (Å²) < 4.78 is 48.6. The van der Waals surface area contributed by atoms with Crippen molar-refractivity contribution < 1.29 is 32.7 Å². The zero-order chi connectivity index (χ0) is 30.0. The van der Waals surface area contributed by atoms with Crippen LogP contribution in [0.5, 0.6) is 0 Å². The van der Waals surface area contributed by atoms with Crippen LogP contribution in [0.3, 0.4) is 0 Å². The van der Waals surface area contributed by atoms with Gasteiger partial charge in [0, 0.05) is 36.6 Å². The number of likely N-dealkylation sites (tertiary alicyclic amines) is 1. The number of rotatable bonds is 9. The van der Waals surface area contributed by atoms with Crippen molar-refractivity contribution in [2.45, 2.75) is 38.1 Å². The number of aliphatic hydroxyl groups is 1. The maximum atomic E-state index is 14.2. The fourth-order valence-electron chi connectivity index (χ4n) is 5.21. The molecule has 1 aliphatic heterocycles. The summed E-state index contributed by atoms with van der Waals surface area (Å²) >= 11 is 6.07. The average Bonchev–Trinajstić information content (AvgIpc) is 3.61. The SMILES string of the molecule is NCc1cc(-n2ncc(-c3nc(-c4ccc([C@H](O)CN5CCC[C@H](CC(=O)O)C5)cc4)no3)c2C(F)(F)F)ccc1Cl. The van der Waals surface area contributed by atoms with E-state index in [1.54, 1.807) is 24.3 Å². The second kappa shape index (κ2) is 12.2. The van der Waals surface area contributed by atoms with E-state index in [4.69, 9.17) is 27.0 Å². The lowest BCUT2D eigenvalue weighted by Crippen LogP contribution is -2.38. The van der Waals surface area contributed by atoms with Crippen molar-refractivity contribution in [3.05, 3.63) is 70.5 Å². The first-order chi connectivity index (χ1) is 20.0. The number of carbonyl (C=O) groups is 1. The summed E-state index contributed by atoms with van der Waals surface area (Å²) in [5.74, 6) is -1.07. The van der Waals surface area contributed by atoms with Crippen molar-refractivity contribution in [3.63, 3.8) is 0 Å². The Morgan fingerprint density at radius 1 is 1.21 bits per heavy atom. The normalized spacial score (nSPS) is 17.0. The highest BCUT2D eigenvalue weighted by Gasteiger charge is 2.40. The second-order valence-electron chi connectivity index (χ2n) is 10.2. The molecular weight excluding hydrogens is 577 g/mol. The van der Waals surface area contributed by atoms with Crippen molar-refractivity contribution in [1.82, 2.24) is 24.8 Å². The Morgan fingerprint density at radius 3 is 2.67 bits per heavy atom. The number of hydrogen-bond acceptors (Lipinski definition) is 8. The minimum Gasteiger partial charge on any atom is -0.481 e. The van der Waals surface area contributed by atoms with Gasteiger partial charge in [-0.15, -0.1) is 0 Å². The molecular formula is C28H28ClF3N6O4. The van der Waals surface area contributed by atoms with Crippen LogP contribution in [-0.4, -0.2) is 60.6 Å². The maximum Gasteiger partial charge on any atom is 0.434 e. The highest BCUT2D eigenvalue weighted by molar-refractivity contribution is 6.31. The van der Waals surface area contributed by atoms with Gasteiger partial charge in [0.1, 0.15) is 0 Å². The van der Waals surface area contributed by atoms with Crippen molar-refractivity contribution in [2.24, 2.45) is 11.7 Å². The highest BCUT2D eigenvalue weighted by atomic mass is 35.5. The van der Waals surface area contributed by atoms with E-state index in [1.807, 2.05) is 0 Å². The van der Waals surface area contributed by atoms with Gasteiger partial charge in [0.05, 0.1) is 23.6 Å². The molecule has 1 aliphatic rings. The smallest absolute Gasteiger partial charge is 0.434 e. The molecule has 0 aliphatic carbocycles. The van der Waals surface area contributed by atoms with Gasteiger partial charge in [0.25, 0.3) is 5.89 Å². The molecule has 0 saturated carbocycles. The molecule has 14 heteroatoms. The lowest BCUT2D eigenvalue weighted by Gasteiger charge is -2.33. The molecule has 1 fully saturated rings. The number of piperidine rings is 1. The molecule has 2 aromatic carbocycles. The first-order valence-electron chi connectivity index (χ1n) is 13.2. The summed E-state index contributed by atoms with van der Waals surface area (Å²) in [5.41, 5.74) is 5.87. The van der Waals surface area contributed by atoms with Gasteiger partial charge in [-0.05, 0) is 54.6 Å². The Hall–Kier alpha value is -3.78. The van der Waals surface area contributed by atoms with Crippen molar-refractivity contribution in [2.75, 3.05) is 19.6 Å². The van der Waals surface area contributed by atoms with Gasteiger partial charge >= 0.3 is 12.1 Å². The molecule has 0 unspecified atom stereocenters. The van der Waals surface area contributed by atoms with E-state index in [-0.39, 0.29) is 41.8 Å². The Morgan fingerprint density at radius 2 is 1.98 bits per heavy atom. The maximum absolute atomic E-state index is 14.2. The highest BCUT2D eigenvalue weighted by Crippen LogP contribution is 2.39. The molecule has 4 N–H and O–H groups in total. The van der Waals surface area contributed by atoms with Crippen LogP contribution in [-0.2, 0) is 17.5 Å². The van der Waals surface area contributed by atoms with Crippen LogP contribution in [0.2, 0.25) is 5.02 Å². The number of hydrogen-bond donors (Lipinski definition) is 3. The molecule has 222 valence electrons. The number of benzene rings is 2. The summed E-state index contributed by atoms with van der Waals surface area (Å²) in [6.45, 7) is 1.78. The fraction of sp³-hybridized carbons (Fsp3) is 0.357. The molecule has 0 spiro atoms. The summed E-state index contributed by atoms with van der Waals surface area (Å²) in [5, 5.41) is 28.0. The lowest BCUT2D eigenvalue weighted by atomic mass is 9.94. The molecule has 1 saturated heterocycles. The number of nitrogens with two attached hydrogens (primary N) is 1. The van der Waals surface area contributed by atoms with E-state index in [1.165, 1.54) is 18.2 Å². The molecule has 0 bridgehead atoms. The van der Waals surface area contributed by atoms with E-state index in [0.29, 0.717) is 34.8 Å². The van der Waals surface area contributed by atoms with Gasteiger partial charge in [-0.3, -0.25) is 4.79 Å². The third-order valence-corrected chi connectivity index (χ3v) is 7.61. The number of nitrogens with zero attached hydrogens (tertiary/aromatic N) is 5. The third kappa shape index (κ3) is 6.49. The van der Waals surface area contributed by atoms with Crippen LogP contribution in [0.25, 0.3) is 28.5 Å². The van der Waals surface area contributed by atoms with Crippen LogP contribution < -0.4 is 5.73 Å². The average molecular weight is 605 g/mol. The first-order valence-corrected chi connectivity index (χ1v) is 13.6. The van der Waals surface area contributed by atoms with E-state index in [2.05, 4.69) is 20.1 Å². The number of halogens is 4. The Bertz CT molecular complexity index is 1560. The number of aromatic nitrogens is 4. The van der Waals surface area contributed by atoms with Crippen LogP contribution in [0.1, 0.15) is 42.2 Å². The van der Waals surface area contributed by atoms with Gasteiger partial charge < -0.3 is 25.4 Å². The van der Waals surface area contributed by atoms with Gasteiger partial charge in [0.2, 0.25) is 5.82 Å². The number of aliphatic carboxylic acids is 1. The topological polar surface area (TPSA) is 144 Å². The summed E-state index contributed by atoms with van der Waals surface area (Å²) in [4.78, 5) is 17.3. The zero-order valence-electron chi connectivity index (χ0n) is 22.3. The van der Waals surface area contributed by atoms with E-state index >= 15 is 0 Å². The van der Waals surface area contributed by atoms with E-state index < -0.39 is 23.9 Å². The minimum absolute atomic E-state index is 0.0382. The molecule has 42 heavy (non-hydrogen) atoms. The van der Waals surface area contributed by atoms with Crippen molar-refractivity contribution in [1.29, 1.82) is 0 Å². The Kier molecular flexibility index (Phi) is 8.64. The van der Waals surface area contributed by atoms with Crippen molar-refractivity contribution in [3.8, 4) is 28.5 Å². The minimum atomic E-state index is -4.80. The monoisotopic (exact) mass is 604 g/mol. The summed E-state index contributed by atoms with van der Waals surface area (Å²) in [6, 6.07) is 11.0. The Labute approximate surface area is 243 Å².